The number of nitriles is 1. The summed E-state index contributed by atoms with van der Waals surface area (Å²) in [6, 6.07) is 8.33. The summed E-state index contributed by atoms with van der Waals surface area (Å²) in [5.74, 6) is -2.38. The number of aliphatic carboxylic acids is 1. The molecule has 0 aliphatic heterocycles. The van der Waals surface area contributed by atoms with Crippen molar-refractivity contribution in [1.82, 2.24) is 0 Å². The number of Topliss-reactive ketones (excluding diaryl/α,β-unsaturated/α-hetero) is 1. The quantitative estimate of drug-likeness (QED) is 0.712. The molecule has 0 bridgehead atoms. The Kier molecular flexibility index (Phi) is 2.97. The smallest absolute Gasteiger partial charge is 0.372 e. The van der Waals surface area contributed by atoms with E-state index < -0.39 is 11.8 Å². The summed E-state index contributed by atoms with van der Waals surface area (Å²) in [4.78, 5) is 21.1. The minimum absolute atomic E-state index is 0.237. The zero-order valence-corrected chi connectivity index (χ0v) is 7.23. The Balaban J connectivity index is 2.93. The number of carboxylic acids is 1. The van der Waals surface area contributed by atoms with Gasteiger partial charge in [0.2, 0.25) is 5.78 Å². The average molecular weight is 189 g/mol. The van der Waals surface area contributed by atoms with Gasteiger partial charge in [-0.25, -0.2) is 4.79 Å². The van der Waals surface area contributed by atoms with Gasteiger partial charge in [-0.2, -0.15) is 5.26 Å². The van der Waals surface area contributed by atoms with E-state index in [9.17, 15) is 9.59 Å². The van der Waals surface area contributed by atoms with Gasteiger partial charge in [-0.3, -0.25) is 4.79 Å². The Bertz CT molecular complexity index is 418. The van der Waals surface area contributed by atoms with Crippen LogP contribution in [0.1, 0.15) is 11.1 Å². The van der Waals surface area contributed by atoms with E-state index in [1.807, 2.05) is 6.07 Å². The average Bonchev–Trinajstić information content (AvgIpc) is 2.18. The van der Waals surface area contributed by atoms with Gasteiger partial charge in [0.15, 0.2) is 0 Å². The van der Waals surface area contributed by atoms with E-state index in [1.54, 1.807) is 24.3 Å². The lowest BCUT2D eigenvalue weighted by Gasteiger charge is -1.99. The molecule has 0 spiro atoms. The van der Waals surface area contributed by atoms with E-state index in [2.05, 4.69) is 0 Å². The summed E-state index contributed by atoms with van der Waals surface area (Å²) in [6.07, 6.45) is -0.237. The van der Waals surface area contributed by atoms with Gasteiger partial charge in [0.1, 0.15) is 0 Å². The van der Waals surface area contributed by atoms with Crippen LogP contribution in [0.5, 0.6) is 0 Å². The molecule has 0 aliphatic rings. The van der Waals surface area contributed by atoms with Gasteiger partial charge < -0.3 is 5.11 Å². The minimum Gasteiger partial charge on any atom is -0.475 e. The molecule has 1 rings (SSSR count). The second kappa shape index (κ2) is 4.19. The van der Waals surface area contributed by atoms with Gasteiger partial charge in [0.25, 0.3) is 0 Å². The Hall–Kier alpha value is -2.15. The molecular formula is C10H7NO3. The number of carboxylic acid groups (broad SMARTS) is 1. The molecule has 0 saturated carbocycles. The molecule has 0 saturated heterocycles. The first-order valence-corrected chi connectivity index (χ1v) is 3.89. The van der Waals surface area contributed by atoms with E-state index in [0.29, 0.717) is 11.1 Å². The van der Waals surface area contributed by atoms with E-state index in [4.69, 9.17) is 10.4 Å². The highest BCUT2D eigenvalue weighted by Crippen LogP contribution is 2.08. The van der Waals surface area contributed by atoms with E-state index in [-0.39, 0.29) is 6.42 Å². The lowest BCUT2D eigenvalue weighted by atomic mass is 10.0. The molecule has 1 N–H and O–H groups in total. The van der Waals surface area contributed by atoms with Gasteiger partial charge in [-0.1, -0.05) is 18.2 Å². The van der Waals surface area contributed by atoms with Crippen molar-refractivity contribution in [2.75, 3.05) is 0 Å². The topological polar surface area (TPSA) is 78.2 Å². The fourth-order valence-electron chi connectivity index (χ4n) is 1.03. The van der Waals surface area contributed by atoms with Crippen molar-refractivity contribution in [2.24, 2.45) is 0 Å². The Morgan fingerprint density at radius 3 is 2.57 bits per heavy atom. The molecule has 0 heterocycles. The maximum Gasteiger partial charge on any atom is 0.372 e. The van der Waals surface area contributed by atoms with Crippen LogP contribution >= 0.6 is 0 Å². The summed E-state index contributed by atoms with van der Waals surface area (Å²) in [6.45, 7) is 0. The van der Waals surface area contributed by atoms with Crippen LogP contribution in [0.3, 0.4) is 0 Å². The standard InChI is InChI=1S/C10H7NO3/c11-6-8-4-2-1-3-7(8)5-9(12)10(13)14/h1-4H,5H2,(H,13,14). The highest BCUT2D eigenvalue weighted by Gasteiger charge is 2.13. The number of hydrogen-bond acceptors (Lipinski definition) is 3. The van der Waals surface area contributed by atoms with Crippen molar-refractivity contribution >= 4 is 11.8 Å². The van der Waals surface area contributed by atoms with Gasteiger partial charge in [0, 0.05) is 6.42 Å². The van der Waals surface area contributed by atoms with Crippen molar-refractivity contribution in [1.29, 1.82) is 5.26 Å². The fraction of sp³-hybridized carbons (Fsp3) is 0.100. The van der Waals surface area contributed by atoms with Crippen LogP contribution in [0.2, 0.25) is 0 Å². The Morgan fingerprint density at radius 1 is 1.36 bits per heavy atom. The summed E-state index contributed by atoms with van der Waals surface area (Å²) >= 11 is 0. The number of hydrogen-bond donors (Lipinski definition) is 1. The number of nitrogens with zero attached hydrogens (tertiary/aromatic N) is 1. The van der Waals surface area contributed by atoms with E-state index in [0.717, 1.165) is 0 Å². The van der Waals surface area contributed by atoms with Crippen LogP contribution in [0, 0.1) is 11.3 Å². The van der Waals surface area contributed by atoms with Crippen molar-refractivity contribution in [2.45, 2.75) is 6.42 Å². The maximum atomic E-state index is 10.9. The summed E-state index contributed by atoms with van der Waals surface area (Å²) in [5, 5.41) is 17.0. The normalized spacial score (nSPS) is 9.07. The zero-order valence-electron chi connectivity index (χ0n) is 7.23. The lowest BCUT2D eigenvalue weighted by Crippen LogP contribution is -2.15. The van der Waals surface area contributed by atoms with Crippen molar-refractivity contribution < 1.29 is 14.7 Å². The summed E-state index contributed by atoms with van der Waals surface area (Å²) < 4.78 is 0. The third-order valence-corrected chi connectivity index (χ3v) is 1.73. The molecule has 1 aromatic rings. The summed E-state index contributed by atoms with van der Waals surface area (Å²) in [7, 11) is 0. The molecule has 0 radical (unpaired) electrons. The van der Waals surface area contributed by atoms with E-state index >= 15 is 0 Å². The number of carbonyl (C=O) groups excluding carboxylic acids is 1. The number of benzene rings is 1. The third-order valence-electron chi connectivity index (χ3n) is 1.73. The monoisotopic (exact) mass is 189 g/mol. The van der Waals surface area contributed by atoms with Crippen LogP contribution in [0.15, 0.2) is 24.3 Å². The van der Waals surface area contributed by atoms with Crippen LogP contribution in [0.4, 0.5) is 0 Å². The highest BCUT2D eigenvalue weighted by atomic mass is 16.4. The van der Waals surface area contributed by atoms with Gasteiger partial charge in [0.05, 0.1) is 11.6 Å². The Labute approximate surface area is 80.4 Å². The number of rotatable bonds is 3. The largest absolute Gasteiger partial charge is 0.475 e. The van der Waals surface area contributed by atoms with Crippen molar-refractivity contribution in [3.63, 3.8) is 0 Å². The molecule has 0 unspecified atom stereocenters. The molecular weight excluding hydrogens is 182 g/mol. The predicted octanol–water partition coefficient (Wildman–Crippen LogP) is 0.754. The number of carbonyl (C=O) groups is 2. The highest BCUT2D eigenvalue weighted by molar-refractivity contribution is 6.33. The fourth-order valence-corrected chi connectivity index (χ4v) is 1.03. The molecule has 4 nitrogen and oxygen atoms in total. The predicted molar refractivity (Wildman–Crippen MR) is 47.5 cm³/mol. The molecule has 14 heavy (non-hydrogen) atoms. The molecule has 0 fully saturated rings. The SMILES string of the molecule is N#Cc1ccccc1CC(=O)C(=O)O. The summed E-state index contributed by atoms with van der Waals surface area (Å²) in [5.41, 5.74) is 0.782. The minimum atomic E-state index is -1.47. The molecule has 0 aliphatic carbocycles. The molecule has 4 heteroatoms. The van der Waals surface area contributed by atoms with Crippen molar-refractivity contribution in [3.8, 4) is 6.07 Å². The van der Waals surface area contributed by atoms with Crippen LogP contribution in [-0.2, 0) is 16.0 Å². The van der Waals surface area contributed by atoms with Gasteiger partial charge >= 0.3 is 5.97 Å². The van der Waals surface area contributed by atoms with Crippen molar-refractivity contribution in [3.05, 3.63) is 35.4 Å². The molecule has 0 amide bonds. The van der Waals surface area contributed by atoms with Crippen LogP contribution in [0.25, 0.3) is 0 Å². The third kappa shape index (κ3) is 2.17. The van der Waals surface area contributed by atoms with Gasteiger partial charge in [-0.05, 0) is 11.6 Å². The first-order chi connectivity index (χ1) is 6.65. The molecule has 70 valence electrons. The maximum absolute atomic E-state index is 10.9. The first kappa shape index (κ1) is 9.93. The van der Waals surface area contributed by atoms with Gasteiger partial charge in [-0.15, -0.1) is 0 Å². The number of ketones is 1. The molecule has 0 atom stereocenters. The molecule has 0 aromatic heterocycles. The Morgan fingerprint density at radius 2 is 2.00 bits per heavy atom. The second-order valence-electron chi connectivity index (χ2n) is 2.67. The zero-order chi connectivity index (χ0) is 10.6. The first-order valence-electron chi connectivity index (χ1n) is 3.89. The van der Waals surface area contributed by atoms with E-state index in [1.165, 1.54) is 0 Å². The lowest BCUT2D eigenvalue weighted by molar-refractivity contribution is -0.148. The van der Waals surface area contributed by atoms with Crippen LogP contribution in [-0.4, -0.2) is 16.9 Å². The second-order valence-corrected chi connectivity index (χ2v) is 2.67. The van der Waals surface area contributed by atoms with Crippen LogP contribution < -0.4 is 0 Å². The molecule has 1 aromatic carbocycles.